The Morgan fingerprint density at radius 3 is 2.59 bits per heavy atom. The van der Waals surface area contributed by atoms with Crippen LogP contribution in [0.4, 0.5) is 0 Å². The second-order valence-corrected chi connectivity index (χ2v) is 8.78. The van der Waals surface area contributed by atoms with E-state index in [-0.39, 0.29) is 23.4 Å². The molecule has 0 amide bonds. The van der Waals surface area contributed by atoms with E-state index in [0.29, 0.717) is 18.1 Å². The predicted molar refractivity (Wildman–Crippen MR) is 113 cm³/mol. The predicted octanol–water partition coefficient (Wildman–Crippen LogP) is 5.19. The summed E-state index contributed by atoms with van der Waals surface area (Å²) in [5.41, 5.74) is 3.17. The molecule has 29 heavy (non-hydrogen) atoms. The lowest BCUT2D eigenvalue weighted by molar-refractivity contribution is -0.142. The minimum absolute atomic E-state index is 0.0112. The number of hydrogen-bond donors (Lipinski definition) is 0. The summed E-state index contributed by atoms with van der Waals surface area (Å²) in [7, 11) is 0. The van der Waals surface area contributed by atoms with Gasteiger partial charge < -0.3 is 13.9 Å². The molecule has 4 nitrogen and oxygen atoms in total. The van der Waals surface area contributed by atoms with E-state index in [1.807, 2.05) is 0 Å². The van der Waals surface area contributed by atoms with Crippen LogP contribution in [-0.2, 0) is 27.8 Å². The van der Waals surface area contributed by atoms with E-state index in [9.17, 15) is 4.79 Å². The first-order valence-corrected chi connectivity index (χ1v) is 10.3. The van der Waals surface area contributed by atoms with Gasteiger partial charge in [0.1, 0.15) is 23.5 Å². The summed E-state index contributed by atoms with van der Waals surface area (Å²) in [5, 5.41) is 0. The lowest BCUT2D eigenvalue weighted by atomic mass is 9.73. The summed E-state index contributed by atoms with van der Waals surface area (Å²) in [4.78, 5) is 11.6. The number of hydrogen-bond acceptors (Lipinski definition) is 4. The highest BCUT2D eigenvalue weighted by Crippen LogP contribution is 2.45. The Hall–Kier alpha value is -2.67. The molecule has 154 valence electrons. The van der Waals surface area contributed by atoms with Crippen LogP contribution in [0.25, 0.3) is 0 Å². The average molecular weight is 395 g/mol. The van der Waals surface area contributed by atoms with E-state index in [0.717, 1.165) is 29.7 Å². The van der Waals surface area contributed by atoms with Crippen LogP contribution < -0.4 is 4.74 Å². The number of fused-ring (bicyclic) bond motifs is 1. The largest absolute Gasteiger partial charge is 0.488 e. The lowest BCUT2D eigenvalue weighted by Gasteiger charge is -2.42. The van der Waals surface area contributed by atoms with Gasteiger partial charge in [-0.3, -0.25) is 4.79 Å². The molecule has 1 aromatic carbocycles. The number of esters is 1. The molecule has 0 saturated carbocycles. The topological polar surface area (TPSA) is 48.7 Å². The molecule has 2 aromatic rings. The first-order chi connectivity index (χ1) is 13.6. The van der Waals surface area contributed by atoms with Crippen molar-refractivity contribution in [3.8, 4) is 17.6 Å². The third kappa shape index (κ3) is 4.85. The van der Waals surface area contributed by atoms with E-state index in [1.54, 1.807) is 19.1 Å². The van der Waals surface area contributed by atoms with Gasteiger partial charge in [0.05, 0.1) is 6.61 Å². The zero-order valence-electron chi connectivity index (χ0n) is 18.3. The zero-order valence-corrected chi connectivity index (χ0v) is 18.3. The van der Waals surface area contributed by atoms with Crippen LogP contribution in [0.5, 0.6) is 5.75 Å². The summed E-state index contributed by atoms with van der Waals surface area (Å²) >= 11 is 0. The maximum atomic E-state index is 11.6. The van der Waals surface area contributed by atoms with Gasteiger partial charge in [0.25, 0.3) is 0 Å². The van der Waals surface area contributed by atoms with E-state index in [2.05, 4.69) is 58.6 Å². The number of furan rings is 1. The number of carbonyl (C=O) groups is 1. The van der Waals surface area contributed by atoms with Crippen molar-refractivity contribution in [3.05, 3.63) is 52.5 Å². The Bertz CT molecular complexity index is 966. The van der Waals surface area contributed by atoms with Gasteiger partial charge >= 0.3 is 5.97 Å². The third-order valence-electron chi connectivity index (χ3n) is 5.18. The molecule has 3 rings (SSSR count). The van der Waals surface area contributed by atoms with Crippen molar-refractivity contribution in [2.45, 2.75) is 71.8 Å². The number of aryl methyl sites for hydroxylation is 1. The van der Waals surface area contributed by atoms with Crippen LogP contribution in [0.1, 0.15) is 76.2 Å². The number of benzene rings is 1. The quantitative estimate of drug-likeness (QED) is 0.529. The molecule has 0 bridgehead atoms. The van der Waals surface area contributed by atoms with Gasteiger partial charge in [0, 0.05) is 11.1 Å². The first-order valence-electron chi connectivity index (χ1n) is 10.3. The van der Waals surface area contributed by atoms with Crippen molar-refractivity contribution in [3.63, 3.8) is 0 Å². The third-order valence-corrected chi connectivity index (χ3v) is 5.18. The van der Waals surface area contributed by atoms with Crippen LogP contribution in [0.2, 0.25) is 0 Å². The standard InChI is InChI=1S/C25H30O4/c1-7-17-14-22-21(24(3,4)16-25(5,6)29-22)13-18(17)9-10-19-11-12-20(28-19)15-23(26)27-8-2/h11-14H,7-8,15-16H2,1-6H3. The Kier molecular flexibility index (Phi) is 5.80. The smallest absolute Gasteiger partial charge is 0.313 e. The highest BCUT2D eigenvalue weighted by atomic mass is 16.5. The fourth-order valence-corrected chi connectivity index (χ4v) is 4.16. The fourth-order valence-electron chi connectivity index (χ4n) is 4.16. The van der Waals surface area contributed by atoms with Gasteiger partial charge in [-0.05, 0) is 74.8 Å². The highest BCUT2D eigenvalue weighted by Gasteiger charge is 2.39. The van der Waals surface area contributed by atoms with Gasteiger partial charge in [-0.1, -0.05) is 26.7 Å². The molecule has 4 heteroatoms. The Labute approximate surface area is 173 Å². The van der Waals surface area contributed by atoms with Crippen molar-refractivity contribution in [1.82, 2.24) is 0 Å². The van der Waals surface area contributed by atoms with E-state index in [1.165, 1.54) is 5.56 Å². The van der Waals surface area contributed by atoms with Gasteiger partial charge in [0.15, 0.2) is 5.76 Å². The molecule has 0 aliphatic carbocycles. The summed E-state index contributed by atoms with van der Waals surface area (Å²) < 4.78 is 16.9. The molecule has 0 fully saturated rings. The minimum Gasteiger partial charge on any atom is -0.488 e. The molecule has 0 N–H and O–H groups in total. The SMILES string of the molecule is CCOC(=O)Cc1ccc(C#Cc2cc3c(cc2CC)OC(C)(C)CC3(C)C)o1. The summed E-state index contributed by atoms with van der Waals surface area (Å²) in [5.74, 6) is 8.14. The Morgan fingerprint density at radius 2 is 1.90 bits per heavy atom. The summed E-state index contributed by atoms with van der Waals surface area (Å²) in [6, 6.07) is 7.86. The molecule has 0 atom stereocenters. The van der Waals surface area contributed by atoms with Crippen LogP contribution in [-0.4, -0.2) is 18.2 Å². The van der Waals surface area contributed by atoms with Crippen molar-refractivity contribution in [2.24, 2.45) is 0 Å². The summed E-state index contributed by atoms with van der Waals surface area (Å²) in [6.07, 6.45) is 1.93. The van der Waals surface area contributed by atoms with Gasteiger partial charge in [-0.2, -0.15) is 0 Å². The van der Waals surface area contributed by atoms with Gasteiger partial charge in [-0.25, -0.2) is 0 Å². The molecular formula is C25H30O4. The van der Waals surface area contributed by atoms with Crippen molar-refractivity contribution >= 4 is 5.97 Å². The number of ether oxygens (including phenoxy) is 2. The lowest BCUT2D eigenvalue weighted by Crippen LogP contribution is -2.41. The molecule has 0 unspecified atom stereocenters. The Morgan fingerprint density at radius 1 is 1.14 bits per heavy atom. The van der Waals surface area contributed by atoms with Gasteiger partial charge in [-0.15, -0.1) is 0 Å². The normalized spacial score (nSPS) is 16.2. The molecule has 0 spiro atoms. The van der Waals surface area contributed by atoms with Crippen molar-refractivity contribution in [2.75, 3.05) is 6.61 Å². The van der Waals surface area contributed by atoms with Crippen LogP contribution in [0, 0.1) is 11.8 Å². The molecule has 1 aromatic heterocycles. The average Bonchev–Trinajstić information content (AvgIpc) is 3.05. The van der Waals surface area contributed by atoms with Crippen LogP contribution >= 0.6 is 0 Å². The minimum atomic E-state index is -0.297. The second-order valence-electron chi connectivity index (χ2n) is 8.78. The maximum Gasteiger partial charge on any atom is 0.313 e. The monoisotopic (exact) mass is 394 g/mol. The van der Waals surface area contributed by atoms with Gasteiger partial charge in [0.2, 0.25) is 0 Å². The summed E-state index contributed by atoms with van der Waals surface area (Å²) in [6.45, 7) is 13.1. The molecule has 1 aliphatic heterocycles. The van der Waals surface area contributed by atoms with Crippen molar-refractivity contribution < 1.29 is 18.7 Å². The fraction of sp³-hybridized carbons (Fsp3) is 0.480. The van der Waals surface area contributed by atoms with E-state index < -0.39 is 0 Å². The van der Waals surface area contributed by atoms with E-state index >= 15 is 0 Å². The van der Waals surface area contributed by atoms with Crippen LogP contribution in [0.15, 0.2) is 28.7 Å². The molecule has 1 aliphatic rings. The first kappa shape index (κ1) is 21.0. The molecule has 0 radical (unpaired) electrons. The zero-order chi connectivity index (χ0) is 21.2. The second kappa shape index (κ2) is 7.99. The Balaban J connectivity index is 1.90. The highest BCUT2D eigenvalue weighted by molar-refractivity contribution is 5.71. The number of carbonyl (C=O) groups excluding carboxylic acids is 1. The molecule has 2 heterocycles. The maximum absolute atomic E-state index is 11.6. The van der Waals surface area contributed by atoms with Crippen LogP contribution in [0.3, 0.4) is 0 Å². The molecular weight excluding hydrogens is 364 g/mol. The molecule has 0 saturated heterocycles. The van der Waals surface area contributed by atoms with Crippen molar-refractivity contribution in [1.29, 1.82) is 0 Å². The van der Waals surface area contributed by atoms with E-state index in [4.69, 9.17) is 13.9 Å². The number of rotatable bonds is 4.